The molecule has 0 saturated carbocycles. The van der Waals surface area contributed by atoms with E-state index in [2.05, 4.69) is 38.1 Å². The van der Waals surface area contributed by atoms with Crippen LogP contribution in [-0.2, 0) is 0 Å². The molecule has 0 unspecified atom stereocenters. The second-order valence-corrected chi connectivity index (χ2v) is 4.77. The highest BCUT2D eigenvalue weighted by Gasteiger charge is 2.01. The molecule has 1 nitrogen and oxygen atoms in total. The van der Waals surface area contributed by atoms with Crippen molar-refractivity contribution in [2.24, 2.45) is 5.73 Å². The predicted octanol–water partition coefficient (Wildman–Crippen LogP) is 3.21. The fourth-order valence-electron chi connectivity index (χ4n) is 1.36. The Bertz CT molecular complexity index is 273. The van der Waals surface area contributed by atoms with Crippen LogP contribution in [0.15, 0.2) is 29.2 Å². The lowest BCUT2D eigenvalue weighted by Crippen LogP contribution is -2.22. The lowest BCUT2D eigenvalue weighted by atomic mass is 10.2. The van der Waals surface area contributed by atoms with Crippen molar-refractivity contribution in [3.63, 3.8) is 0 Å². The summed E-state index contributed by atoms with van der Waals surface area (Å²) in [4.78, 5) is 1.33. The largest absolute Gasteiger partial charge is 0.327 e. The third-order valence-electron chi connectivity index (χ3n) is 2.11. The van der Waals surface area contributed by atoms with Gasteiger partial charge in [-0.2, -0.15) is 0 Å². The van der Waals surface area contributed by atoms with Gasteiger partial charge in [0, 0.05) is 16.7 Å². The van der Waals surface area contributed by atoms with Gasteiger partial charge in [0.25, 0.3) is 0 Å². The van der Waals surface area contributed by atoms with Gasteiger partial charge in [-0.1, -0.05) is 31.0 Å². The molecular formula is C12H19NS. The van der Waals surface area contributed by atoms with Gasteiger partial charge >= 0.3 is 0 Å². The Morgan fingerprint density at radius 2 is 2.21 bits per heavy atom. The molecule has 0 amide bonds. The van der Waals surface area contributed by atoms with Gasteiger partial charge in [0.15, 0.2) is 0 Å². The van der Waals surface area contributed by atoms with Gasteiger partial charge in [0.05, 0.1) is 0 Å². The number of benzene rings is 1. The van der Waals surface area contributed by atoms with Crippen molar-refractivity contribution < 1.29 is 0 Å². The second kappa shape index (κ2) is 6.10. The van der Waals surface area contributed by atoms with Crippen molar-refractivity contribution in [2.45, 2.75) is 37.6 Å². The summed E-state index contributed by atoms with van der Waals surface area (Å²) < 4.78 is 0. The van der Waals surface area contributed by atoms with E-state index in [-0.39, 0.29) is 0 Å². The molecule has 0 spiro atoms. The smallest absolute Gasteiger partial charge is 0.0133 e. The van der Waals surface area contributed by atoms with Crippen molar-refractivity contribution >= 4 is 11.8 Å². The molecule has 0 heterocycles. The second-order valence-electron chi connectivity index (χ2n) is 3.68. The predicted molar refractivity (Wildman–Crippen MR) is 64.8 cm³/mol. The van der Waals surface area contributed by atoms with E-state index in [1.165, 1.54) is 16.9 Å². The van der Waals surface area contributed by atoms with Crippen molar-refractivity contribution in [3.8, 4) is 0 Å². The Hall–Kier alpha value is -0.470. The summed E-state index contributed by atoms with van der Waals surface area (Å²) in [6.45, 7) is 4.30. The van der Waals surface area contributed by atoms with E-state index in [1.807, 2.05) is 11.8 Å². The normalized spacial score (nSPS) is 12.8. The molecule has 2 N–H and O–H groups in total. The molecule has 1 atom stereocenters. The third-order valence-corrected chi connectivity index (χ3v) is 3.30. The Balaban J connectivity index is 2.37. The number of aryl methyl sites for hydroxylation is 1. The molecule has 1 aromatic rings. The van der Waals surface area contributed by atoms with Gasteiger partial charge in [0.1, 0.15) is 0 Å². The Labute approximate surface area is 91.1 Å². The number of rotatable bonds is 5. The van der Waals surface area contributed by atoms with Crippen LogP contribution < -0.4 is 5.73 Å². The van der Waals surface area contributed by atoms with Gasteiger partial charge in [-0.15, -0.1) is 11.8 Å². The van der Waals surface area contributed by atoms with Gasteiger partial charge in [-0.3, -0.25) is 0 Å². The van der Waals surface area contributed by atoms with Crippen molar-refractivity contribution in [1.29, 1.82) is 0 Å². The topological polar surface area (TPSA) is 26.0 Å². The monoisotopic (exact) mass is 209 g/mol. The molecule has 2 heteroatoms. The van der Waals surface area contributed by atoms with Crippen LogP contribution in [0.4, 0.5) is 0 Å². The van der Waals surface area contributed by atoms with E-state index < -0.39 is 0 Å². The number of nitrogens with two attached hydrogens (primary N) is 1. The first-order valence-electron chi connectivity index (χ1n) is 5.17. The summed E-state index contributed by atoms with van der Waals surface area (Å²) in [5.41, 5.74) is 7.27. The minimum atomic E-state index is 0.338. The molecule has 0 aromatic heterocycles. The van der Waals surface area contributed by atoms with Crippen molar-refractivity contribution in [2.75, 3.05) is 5.75 Å². The molecule has 0 bridgehead atoms. The molecule has 0 saturated heterocycles. The van der Waals surface area contributed by atoms with Gasteiger partial charge in [0.2, 0.25) is 0 Å². The standard InChI is InChI=1S/C12H19NS/c1-3-5-11(13)9-14-12-7-4-6-10(2)8-12/h4,6-8,11H,3,5,9,13H2,1-2H3/t11-/m0/s1. The van der Waals surface area contributed by atoms with Gasteiger partial charge in [-0.05, 0) is 25.5 Å². The summed E-state index contributed by atoms with van der Waals surface area (Å²) in [7, 11) is 0. The Morgan fingerprint density at radius 3 is 2.86 bits per heavy atom. The minimum Gasteiger partial charge on any atom is -0.327 e. The number of hydrogen-bond donors (Lipinski definition) is 1. The Morgan fingerprint density at radius 1 is 1.43 bits per heavy atom. The fraction of sp³-hybridized carbons (Fsp3) is 0.500. The van der Waals surface area contributed by atoms with E-state index >= 15 is 0 Å². The molecule has 1 rings (SSSR count). The van der Waals surface area contributed by atoms with Crippen LogP contribution in [0.1, 0.15) is 25.3 Å². The average Bonchev–Trinajstić information content (AvgIpc) is 2.15. The van der Waals surface area contributed by atoms with E-state index in [1.54, 1.807) is 0 Å². The number of thioether (sulfide) groups is 1. The minimum absolute atomic E-state index is 0.338. The van der Waals surface area contributed by atoms with Crippen LogP contribution in [0, 0.1) is 6.92 Å². The molecule has 1 aromatic carbocycles. The zero-order chi connectivity index (χ0) is 10.4. The van der Waals surface area contributed by atoms with Crippen LogP contribution in [0.2, 0.25) is 0 Å². The zero-order valence-electron chi connectivity index (χ0n) is 8.99. The summed E-state index contributed by atoms with van der Waals surface area (Å²) in [6.07, 6.45) is 2.30. The average molecular weight is 209 g/mol. The summed E-state index contributed by atoms with van der Waals surface area (Å²) in [5.74, 6) is 1.03. The van der Waals surface area contributed by atoms with Crippen LogP contribution in [0.25, 0.3) is 0 Å². The maximum Gasteiger partial charge on any atom is 0.0133 e. The summed E-state index contributed by atoms with van der Waals surface area (Å²) in [6, 6.07) is 8.92. The quantitative estimate of drug-likeness (QED) is 0.754. The van der Waals surface area contributed by atoms with Crippen LogP contribution in [0.5, 0.6) is 0 Å². The molecule has 14 heavy (non-hydrogen) atoms. The van der Waals surface area contributed by atoms with Crippen LogP contribution in [0.3, 0.4) is 0 Å². The third kappa shape index (κ3) is 4.16. The van der Waals surface area contributed by atoms with E-state index in [4.69, 9.17) is 5.73 Å². The van der Waals surface area contributed by atoms with E-state index in [9.17, 15) is 0 Å². The molecule has 78 valence electrons. The lowest BCUT2D eigenvalue weighted by molar-refractivity contribution is 0.661. The highest BCUT2D eigenvalue weighted by Crippen LogP contribution is 2.20. The molecule has 0 fully saturated rings. The fourth-order valence-corrected chi connectivity index (χ4v) is 2.38. The van der Waals surface area contributed by atoms with E-state index in [0.717, 1.165) is 12.2 Å². The van der Waals surface area contributed by atoms with Crippen molar-refractivity contribution in [3.05, 3.63) is 29.8 Å². The zero-order valence-corrected chi connectivity index (χ0v) is 9.81. The first kappa shape index (κ1) is 11.6. The lowest BCUT2D eigenvalue weighted by Gasteiger charge is -2.09. The molecule has 0 radical (unpaired) electrons. The SMILES string of the molecule is CCC[C@H](N)CSc1cccc(C)c1. The Kier molecular flexibility index (Phi) is 5.05. The van der Waals surface area contributed by atoms with Crippen LogP contribution in [-0.4, -0.2) is 11.8 Å². The summed E-state index contributed by atoms with van der Waals surface area (Å²) >= 11 is 1.86. The van der Waals surface area contributed by atoms with Crippen molar-refractivity contribution in [1.82, 2.24) is 0 Å². The molecular weight excluding hydrogens is 190 g/mol. The highest BCUT2D eigenvalue weighted by molar-refractivity contribution is 7.99. The first-order valence-corrected chi connectivity index (χ1v) is 6.16. The van der Waals surface area contributed by atoms with Gasteiger partial charge in [-0.25, -0.2) is 0 Å². The maximum atomic E-state index is 5.95. The van der Waals surface area contributed by atoms with Crippen LogP contribution >= 0.6 is 11.8 Å². The maximum absolute atomic E-state index is 5.95. The highest BCUT2D eigenvalue weighted by atomic mass is 32.2. The molecule has 0 aliphatic rings. The first-order chi connectivity index (χ1) is 6.72. The molecule has 0 aliphatic heterocycles. The number of hydrogen-bond acceptors (Lipinski definition) is 2. The summed E-state index contributed by atoms with van der Waals surface area (Å²) in [5, 5.41) is 0. The van der Waals surface area contributed by atoms with Gasteiger partial charge < -0.3 is 5.73 Å². The van der Waals surface area contributed by atoms with E-state index in [0.29, 0.717) is 6.04 Å². The molecule has 0 aliphatic carbocycles.